The lowest BCUT2D eigenvalue weighted by Crippen LogP contribution is -2.41. The number of nitrogens with zero attached hydrogens (tertiary/aromatic N) is 1. The number of amides is 1. The van der Waals surface area contributed by atoms with Crippen LogP contribution in [0.3, 0.4) is 0 Å². The van der Waals surface area contributed by atoms with E-state index in [1.165, 1.54) is 4.90 Å². The third-order valence-electron chi connectivity index (χ3n) is 3.70. The number of hydrogen-bond acceptors (Lipinski definition) is 4. The van der Waals surface area contributed by atoms with Crippen molar-refractivity contribution in [1.29, 1.82) is 0 Å². The van der Waals surface area contributed by atoms with Crippen LogP contribution in [-0.4, -0.2) is 25.2 Å². The summed E-state index contributed by atoms with van der Waals surface area (Å²) in [6.45, 7) is 1.76. The molecular weight excluding hydrogens is 330 g/mol. The number of ether oxygens (including phenoxy) is 2. The van der Waals surface area contributed by atoms with Crippen LogP contribution in [0.2, 0.25) is 5.02 Å². The molecule has 2 aromatic rings. The number of rotatable bonds is 4. The highest BCUT2D eigenvalue weighted by molar-refractivity contribution is 6.30. The highest BCUT2D eigenvalue weighted by Crippen LogP contribution is 2.39. The van der Waals surface area contributed by atoms with Crippen LogP contribution in [0.15, 0.2) is 48.5 Å². The molecule has 1 unspecified atom stereocenters. The lowest BCUT2D eigenvalue weighted by atomic mass is 9.98. The van der Waals surface area contributed by atoms with Gasteiger partial charge in [0, 0.05) is 10.6 Å². The fourth-order valence-electron chi connectivity index (χ4n) is 2.67. The average Bonchev–Trinajstić information content (AvgIpc) is 2.58. The third kappa shape index (κ3) is 3.21. The Labute approximate surface area is 144 Å². The van der Waals surface area contributed by atoms with Gasteiger partial charge in [0.15, 0.2) is 6.10 Å². The van der Waals surface area contributed by atoms with Gasteiger partial charge < -0.3 is 9.47 Å². The second-order valence-electron chi connectivity index (χ2n) is 5.27. The van der Waals surface area contributed by atoms with Crippen molar-refractivity contribution in [2.45, 2.75) is 13.0 Å². The first-order valence-corrected chi connectivity index (χ1v) is 7.96. The van der Waals surface area contributed by atoms with E-state index in [2.05, 4.69) is 0 Å². The van der Waals surface area contributed by atoms with Crippen molar-refractivity contribution in [1.82, 2.24) is 0 Å². The van der Waals surface area contributed by atoms with Gasteiger partial charge in [0.2, 0.25) is 0 Å². The van der Waals surface area contributed by atoms with Crippen molar-refractivity contribution in [3.8, 4) is 0 Å². The van der Waals surface area contributed by atoms with Crippen LogP contribution < -0.4 is 4.90 Å². The number of hydrogen-bond donors (Lipinski definition) is 0. The molecule has 1 amide bonds. The monoisotopic (exact) mass is 345 g/mol. The number of fused-ring (bicyclic) bond motifs is 1. The Morgan fingerprint density at radius 2 is 2.00 bits per heavy atom. The van der Waals surface area contributed by atoms with E-state index >= 15 is 0 Å². The molecular formula is C18H16ClNO4. The Morgan fingerprint density at radius 3 is 2.71 bits per heavy atom. The Kier molecular flexibility index (Phi) is 4.71. The SMILES string of the molecule is CCOC(=O)CN1C(=O)OC(c2ccccc2)c2cc(Cl)ccc21. The number of cyclic esters (lactones) is 1. The summed E-state index contributed by atoms with van der Waals surface area (Å²) < 4.78 is 10.5. The van der Waals surface area contributed by atoms with E-state index in [0.717, 1.165) is 11.1 Å². The molecule has 0 spiro atoms. The Morgan fingerprint density at radius 1 is 1.25 bits per heavy atom. The maximum atomic E-state index is 12.4. The number of benzene rings is 2. The summed E-state index contributed by atoms with van der Waals surface area (Å²) in [5.41, 5.74) is 2.17. The predicted octanol–water partition coefficient (Wildman–Crippen LogP) is 3.95. The molecule has 0 N–H and O–H groups in total. The molecule has 0 saturated heterocycles. The van der Waals surface area contributed by atoms with Crippen LogP contribution in [0.5, 0.6) is 0 Å². The first-order valence-electron chi connectivity index (χ1n) is 7.58. The molecule has 0 radical (unpaired) electrons. The molecule has 124 valence electrons. The lowest BCUT2D eigenvalue weighted by Gasteiger charge is -2.33. The molecule has 1 aliphatic rings. The minimum absolute atomic E-state index is 0.206. The van der Waals surface area contributed by atoms with Crippen molar-refractivity contribution in [3.05, 3.63) is 64.7 Å². The van der Waals surface area contributed by atoms with Crippen molar-refractivity contribution < 1.29 is 19.1 Å². The van der Waals surface area contributed by atoms with E-state index in [0.29, 0.717) is 10.7 Å². The van der Waals surface area contributed by atoms with Gasteiger partial charge in [-0.15, -0.1) is 0 Å². The third-order valence-corrected chi connectivity index (χ3v) is 3.93. The normalized spacial score (nSPS) is 16.3. The molecule has 0 aliphatic carbocycles. The van der Waals surface area contributed by atoms with Gasteiger partial charge in [-0.25, -0.2) is 4.79 Å². The number of anilines is 1. The fraction of sp³-hybridized carbons (Fsp3) is 0.222. The summed E-state index contributed by atoms with van der Waals surface area (Å²) in [5, 5.41) is 0.531. The molecule has 0 aromatic heterocycles. The number of halogens is 1. The zero-order valence-electron chi connectivity index (χ0n) is 13.1. The Hall–Kier alpha value is -2.53. The summed E-state index contributed by atoms with van der Waals surface area (Å²) in [7, 11) is 0. The van der Waals surface area contributed by atoms with Gasteiger partial charge in [0.25, 0.3) is 0 Å². The first kappa shape index (κ1) is 16.3. The van der Waals surface area contributed by atoms with E-state index in [1.807, 2.05) is 30.3 Å². The number of carbonyl (C=O) groups is 2. The van der Waals surface area contributed by atoms with Gasteiger partial charge in [0.1, 0.15) is 6.54 Å². The number of esters is 1. The standard InChI is InChI=1S/C18H16ClNO4/c1-2-23-16(21)11-20-15-9-8-13(19)10-14(15)17(24-18(20)22)12-6-4-3-5-7-12/h3-10,17H,2,11H2,1H3. The maximum absolute atomic E-state index is 12.4. The highest BCUT2D eigenvalue weighted by Gasteiger charge is 2.35. The summed E-state index contributed by atoms with van der Waals surface area (Å²) in [4.78, 5) is 25.5. The van der Waals surface area contributed by atoms with Gasteiger partial charge in [0.05, 0.1) is 12.3 Å². The largest absolute Gasteiger partial charge is 0.465 e. The molecule has 5 nitrogen and oxygen atoms in total. The highest BCUT2D eigenvalue weighted by atomic mass is 35.5. The van der Waals surface area contributed by atoms with E-state index in [9.17, 15) is 9.59 Å². The molecule has 0 fully saturated rings. The molecule has 24 heavy (non-hydrogen) atoms. The second kappa shape index (κ2) is 6.93. The van der Waals surface area contributed by atoms with Crippen molar-refractivity contribution in [3.63, 3.8) is 0 Å². The smallest absolute Gasteiger partial charge is 0.415 e. The molecule has 1 aliphatic heterocycles. The molecule has 0 saturated carbocycles. The zero-order valence-corrected chi connectivity index (χ0v) is 13.8. The van der Waals surface area contributed by atoms with Crippen LogP contribution in [0.1, 0.15) is 24.2 Å². The van der Waals surface area contributed by atoms with Gasteiger partial charge in [-0.05, 0) is 30.7 Å². The number of carbonyl (C=O) groups excluding carboxylic acids is 2. The van der Waals surface area contributed by atoms with Crippen molar-refractivity contribution >= 4 is 29.4 Å². The Bertz CT molecular complexity index is 763. The van der Waals surface area contributed by atoms with E-state index in [-0.39, 0.29) is 13.2 Å². The topological polar surface area (TPSA) is 55.8 Å². The summed E-state index contributed by atoms with van der Waals surface area (Å²) in [5.74, 6) is -0.492. The van der Waals surface area contributed by atoms with Gasteiger partial charge in [-0.2, -0.15) is 0 Å². The van der Waals surface area contributed by atoms with Crippen LogP contribution in [-0.2, 0) is 14.3 Å². The van der Waals surface area contributed by atoms with Crippen LogP contribution in [0, 0.1) is 0 Å². The molecule has 1 heterocycles. The van der Waals surface area contributed by atoms with Crippen molar-refractivity contribution in [2.75, 3.05) is 18.1 Å². The summed E-state index contributed by atoms with van der Waals surface area (Å²) in [6.07, 6.45) is -1.16. The van der Waals surface area contributed by atoms with Gasteiger partial charge in [-0.1, -0.05) is 41.9 Å². The Balaban J connectivity index is 2.01. The van der Waals surface area contributed by atoms with Crippen LogP contribution in [0.4, 0.5) is 10.5 Å². The second-order valence-corrected chi connectivity index (χ2v) is 5.71. The predicted molar refractivity (Wildman–Crippen MR) is 90.2 cm³/mol. The van der Waals surface area contributed by atoms with Crippen molar-refractivity contribution in [2.24, 2.45) is 0 Å². The van der Waals surface area contributed by atoms with E-state index in [4.69, 9.17) is 21.1 Å². The fourth-order valence-corrected chi connectivity index (χ4v) is 2.85. The lowest BCUT2D eigenvalue weighted by molar-refractivity contribution is -0.141. The maximum Gasteiger partial charge on any atom is 0.415 e. The van der Waals surface area contributed by atoms with E-state index in [1.54, 1.807) is 25.1 Å². The molecule has 2 aromatic carbocycles. The molecule has 3 rings (SSSR count). The minimum Gasteiger partial charge on any atom is -0.465 e. The first-order chi connectivity index (χ1) is 11.6. The quantitative estimate of drug-likeness (QED) is 0.787. The molecule has 1 atom stereocenters. The van der Waals surface area contributed by atoms with E-state index < -0.39 is 18.2 Å². The minimum atomic E-state index is -0.591. The van der Waals surface area contributed by atoms with Crippen LogP contribution >= 0.6 is 11.6 Å². The zero-order chi connectivity index (χ0) is 17.1. The summed E-state index contributed by atoms with van der Waals surface area (Å²) in [6, 6.07) is 14.5. The average molecular weight is 346 g/mol. The van der Waals surface area contributed by atoms with Gasteiger partial charge in [-0.3, -0.25) is 9.69 Å². The summed E-state index contributed by atoms with van der Waals surface area (Å²) >= 11 is 6.12. The van der Waals surface area contributed by atoms with Crippen LogP contribution in [0.25, 0.3) is 0 Å². The van der Waals surface area contributed by atoms with Gasteiger partial charge >= 0.3 is 12.1 Å². The molecule has 0 bridgehead atoms. The molecule has 6 heteroatoms.